The Labute approximate surface area is 286 Å². The summed E-state index contributed by atoms with van der Waals surface area (Å²) in [4.78, 5) is 40.7. The molecular weight excluding hydrogens is 652 g/mol. The van der Waals surface area contributed by atoms with Gasteiger partial charge < -0.3 is 25.0 Å². The zero-order chi connectivity index (χ0) is 33.6. The van der Waals surface area contributed by atoms with Gasteiger partial charge in [0.2, 0.25) is 0 Å². The molecule has 1 aliphatic heterocycles. The lowest BCUT2D eigenvalue weighted by Crippen LogP contribution is -2.32. The summed E-state index contributed by atoms with van der Waals surface area (Å²) < 4.78 is 21.4. The van der Waals surface area contributed by atoms with Crippen molar-refractivity contribution in [2.24, 2.45) is 0 Å². The van der Waals surface area contributed by atoms with E-state index in [1.807, 2.05) is 67.5 Å². The largest absolute Gasteiger partial charge is 0.491 e. The van der Waals surface area contributed by atoms with Crippen LogP contribution in [0.5, 0.6) is 5.75 Å². The van der Waals surface area contributed by atoms with E-state index < -0.39 is 5.82 Å². The van der Waals surface area contributed by atoms with Gasteiger partial charge in [-0.25, -0.2) is 14.4 Å². The van der Waals surface area contributed by atoms with Crippen LogP contribution in [0.1, 0.15) is 48.8 Å². The Morgan fingerprint density at radius 2 is 1.92 bits per heavy atom. The Morgan fingerprint density at radius 1 is 1.06 bits per heavy atom. The highest BCUT2D eigenvalue weighted by molar-refractivity contribution is 7.22. The summed E-state index contributed by atoms with van der Waals surface area (Å²) in [7, 11) is 3.86. The first kappa shape index (κ1) is 33.5. The predicted octanol–water partition coefficient (Wildman–Crippen LogP) is 5.50. The number of carbonyl (C=O) groups is 2. The summed E-state index contributed by atoms with van der Waals surface area (Å²) in [6.45, 7) is 1.95. The monoisotopic (exact) mass is 688 g/mol. The number of aryl methyl sites for hydroxylation is 1. The van der Waals surface area contributed by atoms with Crippen LogP contribution in [0, 0.1) is 5.82 Å². The van der Waals surface area contributed by atoms with Crippen molar-refractivity contribution in [2.45, 2.75) is 32.4 Å². The molecule has 48 heavy (non-hydrogen) atoms. The van der Waals surface area contributed by atoms with E-state index in [4.69, 9.17) is 9.72 Å². The number of hydrogen-bond acceptors (Lipinski definition) is 10. The number of benzene rings is 3. The van der Waals surface area contributed by atoms with Gasteiger partial charge >= 0.3 is 0 Å². The van der Waals surface area contributed by atoms with Gasteiger partial charge in [-0.3, -0.25) is 14.9 Å². The first-order chi connectivity index (χ1) is 23.3. The van der Waals surface area contributed by atoms with E-state index in [1.165, 1.54) is 28.7 Å². The Hall–Kier alpha value is -4.43. The van der Waals surface area contributed by atoms with E-state index in [9.17, 15) is 19.1 Å². The van der Waals surface area contributed by atoms with Crippen LogP contribution in [0.15, 0.2) is 60.7 Å². The van der Waals surface area contributed by atoms with Gasteiger partial charge in [0.25, 0.3) is 11.8 Å². The molecule has 3 aromatic carbocycles. The van der Waals surface area contributed by atoms with E-state index in [0.29, 0.717) is 60.4 Å². The molecule has 2 amide bonds. The number of amides is 2. The fourth-order valence-electron chi connectivity index (χ4n) is 5.66. The highest BCUT2D eigenvalue weighted by Gasteiger charge is 2.27. The molecule has 250 valence electrons. The number of aliphatic hydroxyl groups excluding tert-OH is 1. The zero-order valence-electron chi connectivity index (χ0n) is 26.8. The molecule has 0 atom stereocenters. The van der Waals surface area contributed by atoms with Crippen LogP contribution in [0.2, 0.25) is 0 Å². The average Bonchev–Trinajstić information content (AvgIpc) is 3.69. The molecule has 3 N–H and O–H groups in total. The number of ether oxygens (including phenoxy) is 1. The van der Waals surface area contributed by atoms with Crippen LogP contribution in [0.25, 0.3) is 10.2 Å². The van der Waals surface area contributed by atoms with E-state index >= 15 is 0 Å². The molecule has 0 aliphatic carbocycles. The maximum Gasteiger partial charge on any atom is 0.271 e. The predicted molar refractivity (Wildman–Crippen MR) is 188 cm³/mol. The lowest BCUT2D eigenvalue weighted by Gasteiger charge is -2.29. The molecule has 5 aromatic rings. The van der Waals surface area contributed by atoms with E-state index in [0.717, 1.165) is 31.8 Å². The molecule has 0 saturated heterocycles. The van der Waals surface area contributed by atoms with Crippen LogP contribution in [0.3, 0.4) is 0 Å². The van der Waals surface area contributed by atoms with Gasteiger partial charge in [-0.15, -0.1) is 11.3 Å². The molecule has 0 radical (unpaired) electrons. The molecule has 0 unspecified atom stereocenters. The number of rotatable bonds is 13. The summed E-state index contributed by atoms with van der Waals surface area (Å²) in [5.74, 6) is -0.797. The van der Waals surface area contributed by atoms with Crippen molar-refractivity contribution >= 4 is 55.0 Å². The minimum atomic E-state index is -0.406. The molecule has 3 heterocycles. The highest BCUT2D eigenvalue weighted by Crippen LogP contribution is 2.33. The highest BCUT2D eigenvalue weighted by atomic mass is 32.1. The molecule has 0 fully saturated rings. The smallest absolute Gasteiger partial charge is 0.271 e. The molecule has 0 saturated carbocycles. The minimum absolute atomic E-state index is 0.113. The van der Waals surface area contributed by atoms with Gasteiger partial charge in [-0.05, 0) is 80.4 Å². The average molecular weight is 689 g/mol. The van der Waals surface area contributed by atoms with Crippen LogP contribution in [-0.4, -0.2) is 72.2 Å². The number of thiazole rings is 2. The van der Waals surface area contributed by atoms with Crippen LogP contribution >= 0.6 is 22.7 Å². The number of aliphatic hydroxyl groups is 1. The standard InChI is InChI=1S/C35H37FN6O4S2/c1-41(2)20-22-12-13-28(26(36)19-22)46-18-6-11-30-31(33(45)37-15-17-43)39-35(48-30)42-16-14-23-7-5-8-24(25(23)21-42)32(44)40-34-38-27-9-3-4-10-29(27)47-34/h3-5,7-10,12-13,19,43H,6,11,14-18,20-21H2,1-2H3,(H,37,45)(H,38,40,44). The third-order valence-electron chi connectivity index (χ3n) is 7.90. The van der Waals surface area contributed by atoms with Crippen molar-refractivity contribution in [3.8, 4) is 5.75 Å². The number of nitrogens with zero attached hydrogens (tertiary/aromatic N) is 4. The zero-order valence-corrected chi connectivity index (χ0v) is 28.4. The summed E-state index contributed by atoms with van der Waals surface area (Å²) in [6, 6.07) is 18.5. The Balaban J connectivity index is 1.16. The molecule has 0 bridgehead atoms. The molecule has 1 aliphatic rings. The summed E-state index contributed by atoms with van der Waals surface area (Å²) >= 11 is 2.86. The molecule has 10 nitrogen and oxygen atoms in total. The Kier molecular flexibility index (Phi) is 10.6. The molecule has 0 spiro atoms. The number of anilines is 2. The maximum atomic E-state index is 14.6. The lowest BCUT2D eigenvalue weighted by molar-refractivity contribution is 0.0939. The number of nitrogens with one attached hydrogen (secondary N) is 2. The Bertz CT molecular complexity index is 1890. The second-order valence-electron chi connectivity index (χ2n) is 11.8. The van der Waals surface area contributed by atoms with Crippen LogP contribution < -0.4 is 20.3 Å². The number of aromatic nitrogens is 2. The summed E-state index contributed by atoms with van der Waals surface area (Å²) in [5.41, 5.74) is 4.59. The van der Waals surface area contributed by atoms with Gasteiger partial charge in [-0.1, -0.05) is 41.7 Å². The van der Waals surface area contributed by atoms with E-state index in [2.05, 4.69) is 20.5 Å². The maximum absolute atomic E-state index is 14.6. The van der Waals surface area contributed by atoms with Crippen molar-refractivity contribution in [2.75, 3.05) is 50.6 Å². The first-order valence-electron chi connectivity index (χ1n) is 15.8. The molecule has 13 heteroatoms. The second kappa shape index (κ2) is 15.2. The molecule has 2 aromatic heterocycles. The van der Waals surface area contributed by atoms with Crippen molar-refractivity contribution in [1.82, 2.24) is 20.2 Å². The number of carbonyl (C=O) groups excluding carboxylic acids is 2. The van der Waals surface area contributed by atoms with E-state index in [1.54, 1.807) is 6.07 Å². The summed E-state index contributed by atoms with van der Waals surface area (Å²) in [6.07, 6.45) is 1.76. The first-order valence-corrected chi connectivity index (χ1v) is 17.4. The van der Waals surface area contributed by atoms with Gasteiger partial charge in [-0.2, -0.15) is 0 Å². The lowest BCUT2D eigenvalue weighted by atomic mass is 9.94. The topological polar surface area (TPSA) is 120 Å². The summed E-state index contributed by atoms with van der Waals surface area (Å²) in [5, 5.41) is 16.2. The van der Waals surface area contributed by atoms with Crippen molar-refractivity contribution in [3.63, 3.8) is 0 Å². The third-order valence-corrected chi connectivity index (χ3v) is 10.0. The van der Waals surface area contributed by atoms with Crippen molar-refractivity contribution in [1.29, 1.82) is 0 Å². The minimum Gasteiger partial charge on any atom is -0.491 e. The van der Waals surface area contributed by atoms with E-state index in [-0.39, 0.29) is 37.3 Å². The Morgan fingerprint density at radius 3 is 2.71 bits per heavy atom. The number of hydrogen-bond donors (Lipinski definition) is 3. The van der Waals surface area contributed by atoms with Crippen molar-refractivity contribution in [3.05, 3.63) is 99.3 Å². The van der Waals surface area contributed by atoms with Gasteiger partial charge in [0, 0.05) is 36.6 Å². The number of halogens is 1. The fraction of sp³-hybridized carbons (Fsp3) is 0.314. The third kappa shape index (κ3) is 7.81. The van der Waals surface area contributed by atoms with Crippen molar-refractivity contribution < 1.29 is 23.8 Å². The number of fused-ring (bicyclic) bond motifs is 2. The van der Waals surface area contributed by atoms with Gasteiger partial charge in [0.1, 0.15) is 5.69 Å². The van der Waals surface area contributed by atoms with Crippen LogP contribution in [0.4, 0.5) is 14.7 Å². The molecule has 6 rings (SSSR count). The quantitative estimate of drug-likeness (QED) is 0.139. The fourth-order valence-corrected chi connectivity index (χ4v) is 7.65. The molecular formula is C35H37FN6O4S2. The SMILES string of the molecule is CN(C)Cc1ccc(OCCCc2sc(N3CCc4cccc(C(=O)Nc5nc6ccccc6s5)c4C3)nc2C(=O)NCCO)c(F)c1. The number of para-hydroxylation sites is 1. The normalized spacial score (nSPS) is 12.7. The second-order valence-corrected chi connectivity index (χ2v) is 13.9. The van der Waals surface area contributed by atoms with Gasteiger partial charge in [0.15, 0.2) is 21.8 Å². The van der Waals surface area contributed by atoms with Gasteiger partial charge in [0.05, 0.1) is 23.4 Å². The van der Waals surface area contributed by atoms with Crippen LogP contribution in [-0.2, 0) is 25.9 Å².